The molecule has 2 aliphatic rings. The second-order valence-corrected chi connectivity index (χ2v) is 7.77. The van der Waals surface area contributed by atoms with Crippen molar-refractivity contribution in [2.45, 2.75) is 25.5 Å². The predicted octanol–water partition coefficient (Wildman–Crippen LogP) is 1.76. The average molecular weight is 396 g/mol. The Balaban J connectivity index is 1.48. The summed E-state index contributed by atoms with van der Waals surface area (Å²) < 4.78 is 5.40. The third kappa shape index (κ3) is 4.75. The lowest BCUT2D eigenvalue weighted by molar-refractivity contribution is 0.0342. The number of carbonyl (C=O) groups excluding carboxylic acids is 1. The van der Waals surface area contributed by atoms with E-state index >= 15 is 0 Å². The lowest BCUT2D eigenvalue weighted by Crippen LogP contribution is -2.40. The Kier molecular flexibility index (Phi) is 6.08. The van der Waals surface area contributed by atoms with E-state index in [1.165, 1.54) is 5.56 Å². The molecule has 7 heteroatoms. The molecule has 3 heterocycles. The first-order valence-corrected chi connectivity index (χ1v) is 10.2. The topological polar surface area (TPSA) is 91.9 Å². The first kappa shape index (κ1) is 19.8. The Morgan fingerprint density at radius 1 is 1.10 bits per heavy atom. The monoisotopic (exact) mass is 396 g/mol. The van der Waals surface area contributed by atoms with Crippen molar-refractivity contribution in [2.75, 3.05) is 45.1 Å². The number of aliphatic hydroxyl groups is 1. The average Bonchev–Trinajstić information content (AvgIpc) is 2.75. The van der Waals surface area contributed by atoms with Crippen molar-refractivity contribution in [1.82, 2.24) is 14.8 Å². The van der Waals surface area contributed by atoms with Gasteiger partial charge in [0, 0.05) is 44.5 Å². The van der Waals surface area contributed by atoms with Crippen molar-refractivity contribution >= 4 is 11.7 Å². The van der Waals surface area contributed by atoms with Crippen molar-refractivity contribution in [3.05, 3.63) is 47.7 Å². The Bertz CT molecular complexity index is 842. The number of hydrogen-bond acceptors (Lipinski definition) is 6. The molecule has 0 aliphatic carbocycles. The largest absolute Gasteiger partial charge is 0.393 e. The zero-order valence-electron chi connectivity index (χ0n) is 16.6. The van der Waals surface area contributed by atoms with Gasteiger partial charge in [0.25, 0.3) is 5.91 Å². The molecule has 4 rings (SSSR count). The molecule has 7 nitrogen and oxygen atoms in total. The number of benzene rings is 1. The van der Waals surface area contributed by atoms with Gasteiger partial charge in [0.15, 0.2) is 0 Å². The van der Waals surface area contributed by atoms with Gasteiger partial charge in [0.1, 0.15) is 5.82 Å². The number of morpholine rings is 1. The summed E-state index contributed by atoms with van der Waals surface area (Å²) in [6, 6.07) is 10.2. The quantitative estimate of drug-likeness (QED) is 0.818. The van der Waals surface area contributed by atoms with Crippen molar-refractivity contribution in [2.24, 2.45) is 0 Å². The first-order chi connectivity index (χ1) is 14.1. The van der Waals surface area contributed by atoms with Gasteiger partial charge in [-0.05, 0) is 30.0 Å². The second kappa shape index (κ2) is 8.90. The van der Waals surface area contributed by atoms with Crippen LogP contribution < -0.4 is 5.73 Å². The highest BCUT2D eigenvalue weighted by Gasteiger charge is 2.24. The second-order valence-electron chi connectivity index (χ2n) is 7.77. The molecule has 0 saturated carbocycles. The summed E-state index contributed by atoms with van der Waals surface area (Å²) in [6.07, 6.45) is 2.59. The van der Waals surface area contributed by atoms with Gasteiger partial charge in [0.2, 0.25) is 0 Å². The number of nitrogens with zero attached hydrogens (tertiary/aromatic N) is 3. The van der Waals surface area contributed by atoms with Crippen molar-refractivity contribution in [3.63, 3.8) is 0 Å². The normalized spacial score (nSPS) is 18.7. The molecule has 2 aromatic rings. The number of aliphatic hydroxyl groups excluding tert-OH is 1. The highest BCUT2D eigenvalue weighted by Crippen LogP contribution is 2.25. The number of piperidine rings is 1. The first-order valence-electron chi connectivity index (χ1n) is 10.2. The van der Waals surface area contributed by atoms with Crippen LogP contribution in [0.4, 0.5) is 5.82 Å². The minimum Gasteiger partial charge on any atom is -0.393 e. The molecule has 0 unspecified atom stereocenters. The van der Waals surface area contributed by atoms with E-state index in [9.17, 15) is 9.90 Å². The molecule has 2 aliphatic heterocycles. The number of amides is 1. The van der Waals surface area contributed by atoms with E-state index in [0.717, 1.165) is 44.0 Å². The molecule has 0 spiro atoms. The fraction of sp³-hybridized carbons (Fsp3) is 0.455. The Morgan fingerprint density at radius 2 is 1.79 bits per heavy atom. The predicted molar refractivity (Wildman–Crippen MR) is 111 cm³/mol. The number of nitrogens with two attached hydrogens (primary N) is 1. The fourth-order valence-corrected chi connectivity index (χ4v) is 3.86. The zero-order valence-corrected chi connectivity index (χ0v) is 16.6. The van der Waals surface area contributed by atoms with E-state index in [0.29, 0.717) is 31.5 Å². The molecule has 1 aromatic heterocycles. The number of nitrogen functional groups attached to an aromatic ring is 1. The number of anilines is 1. The smallest absolute Gasteiger partial charge is 0.257 e. The van der Waals surface area contributed by atoms with Crippen LogP contribution in [0.1, 0.15) is 28.8 Å². The van der Waals surface area contributed by atoms with E-state index < -0.39 is 0 Å². The molecule has 154 valence electrons. The lowest BCUT2D eigenvalue weighted by Gasteiger charge is -2.29. The molecule has 1 aromatic carbocycles. The van der Waals surface area contributed by atoms with Crippen LogP contribution in [0.15, 0.2) is 36.5 Å². The summed E-state index contributed by atoms with van der Waals surface area (Å²) in [5, 5.41) is 9.67. The molecular weight excluding hydrogens is 368 g/mol. The van der Waals surface area contributed by atoms with Crippen LogP contribution in [0.5, 0.6) is 0 Å². The van der Waals surface area contributed by atoms with Gasteiger partial charge in [-0.15, -0.1) is 0 Å². The van der Waals surface area contributed by atoms with Crippen LogP contribution in [0.3, 0.4) is 0 Å². The molecule has 29 heavy (non-hydrogen) atoms. The summed E-state index contributed by atoms with van der Waals surface area (Å²) in [5.41, 5.74) is 9.56. The van der Waals surface area contributed by atoms with Gasteiger partial charge in [-0.2, -0.15) is 0 Å². The molecule has 1 amide bonds. The SMILES string of the molecule is Nc1ncc(-c2ccc(CN3CCOCC3)cc2)cc1C(=O)N1CCC(O)CC1. The maximum absolute atomic E-state index is 12.9. The highest BCUT2D eigenvalue weighted by molar-refractivity contribution is 5.99. The zero-order chi connectivity index (χ0) is 20.2. The van der Waals surface area contributed by atoms with Crippen LogP contribution in [0.25, 0.3) is 11.1 Å². The van der Waals surface area contributed by atoms with E-state index in [1.54, 1.807) is 11.1 Å². The van der Waals surface area contributed by atoms with Gasteiger partial charge >= 0.3 is 0 Å². The molecule has 2 saturated heterocycles. The van der Waals surface area contributed by atoms with E-state index in [1.807, 2.05) is 6.07 Å². The number of ether oxygens (including phenoxy) is 1. The molecule has 3 N–H and O–H groups in total. The molecular formula is C22H28N4O3. The number of aromatic nitrogens is 1. The van der Waals surface area contributed by atoms with E-state index in [-0.39, 0.29) is 17.8 Å². The fourth-order valence-electron chi connectivity index (χ4n) is 3.86. The van der Waals surface area contributed by atoms with Gasteiger partial charge in [-0.25, -0.2) is 4.98 Å². The summed E-state index contributed by atoms with van der Waals surface area (Å²) in [6.45, 7) is 5.50. The van der Waals surface area contributed by atoms with Crippen molar-refractivity contribution in [3.8, 4) is 11.1 Å². The van der Waals surface area contributed by atoms with E-state index in [4.69, 9.17) is 10.5 Å². The van der Waals surface area contributed by atoms with Crippen molar-refractivity contribution in [1.29, 1.82) is 0 Å². The van der Waals surface area contributed by atoms with Gasteiger partial charge < -0.3 is 20.5 Å². The third-order valence-corrected chi connectivity index (χ3v) is 5.70. The van der Waals surface area contributed by atoms with Crippen molar-refractivity contribution < 1.29 is 14.6 Å². The van der Waals surface area contributed by atoms with E-state index in [2.05, 4.69) is 34.1 Å². The maximum Gasteiger partial charge on any atom is 0.257 e. The highest BCUT2D eigenvalue weighted by atomic mass is 16.5. The third-order valence-electron chi connectivity index (χ3n) is 5.70. The standard InChI is InChI=1S/C22H28N4O3/c23-21-20(22(28)26-7-5-19(27)6-8-26)13-18(14-24-21)17-3-1-16(2-4-17)15-25-9-11-29-12-10-25/h1-4,13-14,19,27H,5-12,15H2,(H2,23,24). The summed E-state index contributed by atoms with van der Waals surface area (Å²) in [5.74, 6) is 0.126. The number of rotatable bonds is 4. The number of pyridine rings is 1. The summed E-state index contributed by atoms with van der Waals surface area (Å²) in [7, 11) is 0. The number of likely N-dealkylation sites (tertiary alicyclic amines) is 1. The van der Waals surface area contributed by atoms with Crippen LogP contribution in [-0.4, -0.2) is 71.3 Å². The van der Waals surface area contributed by atoms with Crippen LogP contribution in [0, 0.1) is 0 Å². The molecule has 0 atom stereocenters. The number of hydrogen-bond donors (Lipinski definition) is 2. The molecule has 0 radical (unpaired) electrons. The molecule has 2 fully saturated rings. The minimum atomic E-state index is -0.322. The van der Waals surface area contributed by atoms with Gasteiger partial charge in [0.05, 0.1) is 24.9 Å². The van der Waals surface area contributed by atoms with Gasteiger partial charge in [-0.1, -0.05) is 24.3 Å². The van der Waals surface area contributed by atoms with Crippen LogP contribution >= 0.6 is 0 Å². The van der Waals surface area contributed by atoms with Crippen LogP contribution in [-0.2, 0) is 11.3 Å². The Morgan fingerprint density at radius 3 is 2.48 bits per heavy atom. The van der Waals surface area contributed by atoms with Crippen LogP contribution in [0.2, 0.25) is 0 Å². The number of carbonyl (C=O) groups is 1. The molecule has 0 bridgehead atoms. The maximum atomic E-state index is 12.9. The Hall–Kier alpha value is -2.48. The minimum absolute atomic E-state index is 0.118. The summed E-state index contributed by atoms with van der Waals surface area (Å²) in [4.78, 5) is 21.3. The summed E-state index contributed by atoms with van der Waals surface area (Å²) >= 11 is 0. The Labute approximate surface area is 171 Å². The van der Waals surface area contributed by atoms with Gasteiger partial charge in [-0.3, -0.25) is 9.69 Å². The lowest BCUT2D eigenvalue weighted by atomic mass is 10.0.